The molecule has 0 aromatic carbocycles. The van der Waals surface area contributed by atoms with Crippen LogP contribution in [0.3, 0.4) is 0 Å². The van der Waals surface area contributed by atoms with Crippen molar-refractivity contribution >= 4 is 45.9 Å². The lowest BCUT2D eigenvalue weighted by atomic mass is 10.2. The molecule has 4 atom stereocenters. The summed E-state index contributed by atoms with van der Waals surface area (Å²) in [5.74, 6) is -4.83. The molecule has 0 bridgehead atoms. The van der Waals surface area contributed by atoms with Crippen LogP contribution in [0.2, 0.25) is 0 Å². The number of ketones is 1. The van der Waals surface area contributed by atoms with Gasteiger partial charge in [0.25, 0.3) is 11.8 Å². The molecule has 8 nitrogen and oxygen atoms in total. The fourth-order valence-electron chi connectivity index (χ4n) is 5.98. The summed E-state index contributed by atoms with van der Waals surface area (Å²) < 4.78 is 52.8. The number of alkyl halides is 4. The molecule has 0 amide bonds. The van der Waals surface area contributed by atoms with Crippen molar-refractivity contribution in [3.63, 3.8) is 0 Å². The number of Topliss-reactive ketones (excluding diaryl/α,β-unsaturated/α-hetero) is 1. The summed E-state index contributed by atoms with van der Waals surface area (Å²) in [6.07, 6.45) is 3.77. The second kappa shape index (κ2) is 10.2. The van der Waals surface area contributed by atoms with Crippen LogP contribution in [0.4, 0.5) is 35.0 Å². The van der Waals surface area contributed by atoms with E-state index in [0.29, 0.717) is 38.4 Å². The zero-order chi connectivity index (χ0) is 30.1. The maximum absolute atomic E-state index is 13.2. The number of nitrogen functional groups attached to an aromatic ring is 1. The molecule has 4 aromatic rings. The molecule has 4 aliphatic rings. The molecule has 2 saturated heterocycles. The minimum Gasteiger partial charge on any atom is -0.383 e. The van der Waals surface area contributed by atoms with Gasteiger partial charge in [0, 0.05) is 66.9 Å². The lowest BCUT2D eigenvalue weighted by Crippen LogP contribution is -2.27. The highest BCUT2D eigenvalue weighted by molar-refractivity contribution is 7.13. The lowest BCUT2D eigenvalue weighted by Gasteiger charge is -2.20. The number of nitrogens with zero attached hydrogens (tertiary/aromatic N) is 6. The van der Waals surface area contributed by atoms with Crippen molar-refractivity contribution in [2.24, 2.45) is 23.7 Å². The maximum atomic E-state index is 13.2. The van der Waals surface area contributed by atoms with Crippen molar-refractivity contribution in [2.45, 2.75) is 25.2 Å². The van der Waals surface area contributed by atoms with Crippen LogP contribution in [0.5, 0.6) is 0 Å². The zero-order valence-electron chi connectivity index (χ0n) is 23.0. The SMILES string of the molecule is CC(=O)Cc1csc(-c2ccc(N3CC4C(C3)C4(F)F)nc2)n1.Nc1csc(-c2ccc(N3CC4C(C3)C4(F)F)nc2)n1. The Morgan fingerprint density at radius 1 is 0.814 bits per heavy atom. The first kappa shape index (κ1) is 28.1. The van der Waals surface area contributed by atoms with Gasteiger partial charge in [-0.25, -0.2) is 37.5 Å². The highest BCUT2D eigenvalue weighted by Gasteiger charge is 2.72. The highest BCUT2D eigenvalue weighted by atomic mass is 32.1. The largest absolute Gasteiger partial charge is 0.383 e. The number of fused-ring (bicyclic) bond motifs is 2. The fraction of sp³-hybridized carbons (Fsp3) is 0.414. The van der Waals surface area contributed by atoms with Crippen LogP contribution in [0.1, 0.15) is 12.6 Å². The molecule has 2 aliphatic heterocycles. The van der Waals surface area contributed by atoms with Crippen LogP contribution in [0.15, 0.2) is 47.4 Å². The molecule has 43 heavy (non-hydrogen) atoms. The minimum atomic E-state index is -2.47. The van der Waals surface area contributed by atoms with E-state index in [1.807, 2.05) is 39.4 Å². The Balaban J connectivity index is 0.000000141. The van der Waals surface area contributed by atoms with Gasteiger partial charge in [-0.15, -0.1) is 22.7 Å². The van der Waals surface area contributed by atoms with Crippen molar-refractivity contribution in [1.29, 1.82) is 0 Å². The van der Waals surface area contributed by atoms with E-state index >= 15 is 0 Å². The van der Waals surface area contributed by atoms with Gasteiger partial charge in [-0.1, -0.05) is 0 Å². The smallest absolute Gasteiger partial charge is 0.258 e. The van der Waals surface area contributed by atoms with Crippen LogP contribution < -0.4 is 15.5 Å². The van der Waals surface area contributed by atoms with E-state index in [1.54, 1.807) is 24.7 Å². The number of nitrogens with two attached hydrogens (primary N) is 1. The lowest BCUT2D eigenvalue weighted by molar-refractivity contribution is -0.116. The average Bonchev–Trinajstić information content (AvgIpc) is 3.56. The molecule has 14 heteroatoms. The van der Waals surface area contributed by atoms with E-state index in [2.05, 4.69) is 19.9 Å². The number of hydrogen-bond donors (Lipinski definition) is 1. The Morgan fingerprint density at radius 2 is 1.28 bits per heavy atom. The number of aromatic nitrogens is 4. The highest BCUT2D eigenvalue weighted by Crippen LogP contribution is 2.60. The van der Waals surface area contributed by atoms with E-state index in [9.17, 15) is 22.4 Å². The summed E-state index contributed by atoms with van der Waals surface area (Å²) in [6.45, 7) is 3.09. The van der Waals surface area contributed by atoms with Crippen LogP contribution in [-0.4, -0.2) is 63.7 Å². The van der Waals surface area contributed by atoms with Crippen LogP contribution in [0.25, 0.3) is 21.1 Å². The first-order valence-corrected chi connectivity index (χ1v) is 15.6. The second-order valence-corrected chi connectivity index (χ2v) is 13.2. The van der Waals surface area contributed by atoms with Gasteiger partial charge in [-0.3, -0.25) is 4.79 Å². The molecule has 0 spiro atoms. The third-order valence-electron chi connectivity index (χ3n) is 8.54. The Labute approximate surface area is 252 Å². The molecule has 4 fully saturated rings. The number of anilines is 3. The normalized spacial score (nSPS) is 25.5. The van der Waals surface area contributed by atoms with Gasteiger partial charge in [0.05, 0.1) is 29.4 Å². The molecule has 2 N–H and O–H groups in total. The quantitative estimate of drug-likeness (QED) is 0.278. The molecule has 0 radical (unpaired) electrons. The Morgan fingerprint density at radius 3 is 1.67 bits per heavy atom. The summed E-state index contributed by atoms with van der Waals surface area (Å²) in [7, 11) is 0. The summed E-state index contributed by atoms with van der Waals surface area (Å²) in [4.78, 5) is 32.3. The van der Waals surface area contributed by atoms with Gasteiger partial charge in [-0.2, -0.15) is 0 Å². The molecule has 2 saturated carbocycles. The Kier molecular flexibility index (Phi) is 6.69. The number of thiazole rings is 2. The van der Waals surface area contributed by atoms with Gasteiger partial charge in [-0.05, 0) is 31.2 Å². The average molecular weight is 630 g/mol. The van der Waals surface area contributed by atoms with E-state index in [-0.39, 0.29) is 5.78 Å². The first-order chi connectivity index (χ1) is 20.5. The van der Waals surface area contributed by atoms with E-state index < -0.39 is 35.5 Å². The zero-order valence-corrected chi connectivity index (χ0v) is 24.6. The summed E-state index contributed by atoms with van der Waals surface area (Å²) in [5, 5.41) is 5.29. The van der Waals surface area contributed by atoms with Gasteiger partial charge in [0.2, 0.25) is 0 Å². The van der Waals surface area contributed by atoms with Crippen molar-refractivity contribution < 1.29 is 22.4 Å². The molecule has 2 aliphatic carbocycles. The second-order valence-electron chi connectivity index (χ2n) is 11.5. The number of rotatable bonds is 6. The van der Waals surface area contributed by atoms with Crippen LogP contribution >= 0.6 is 22.7 Å². The van der Waals surface area contributed by atoms with Crippen molar-refractivity contribution in [3.8, 4) is 21.1 Å². The molecule has 4 aromatic heterocycles. The number of carbonyl (C=O) groups is 1. The molecular weight excluding hydrogens is 602 g/mol. The van der Waals surface area contributed by atoms with Crippen molar-refractivity contribution in [1.82, 2.24) is 19.9 Å². The van der Waals surface area contributed by atoms with Crippen molar-refractivity contribution in [3.05, 3.63) is 53.1 Å². The Hall–Kier alpha value is -3.65. The number of piperidine rings is 2. The molecule has 6 heterocycles. The van der Waals surface area contributed by atoms with Crippen molar-refractivity contribution in [2.75, 3.05) is 41.7 Å². The Bertz CT molecular complexity index is 1630. The van der Waals surface area contributed by atoms with E-state index in [0.717, 1.165) is 38.5 Å². The molecule has 8 rings (SSSR count). The molecule has 4 unspecified atom stereocenters. The molecule has 224 valence electrons. The topological polar surface area (TPSA) is 101 Å². The van der Waals surface area contributed by atoms with E-state index in [4.69, 9.17) is 5.73 Å². The van der Waals surface area contributed by atoms with Gasteiger partial charge in [0.1, 0.15) is 33.3 Å². The van der Waals surface area contributed by atoms with Crippen LogP contribution in [0, 0.1) is 23.7 Å². The minimum absolute atomic E-state index is 0.0831. The van der Waals surface area contributed by atoms with Crippen LogP contribution in [-0.2, 0) is 11.2 Å². The van der Waals surface area contributed by atoms with Gasteiger partial charge in [0.15, 0.2) is 0 Å². The van der Waals surface area contributed by atoms with Gasteiger partial charge < -0.3 is 15.5 Å². The molecular formula is C29H27F4N7OS2. The third kappa shape index (κ3) is 5.24. The monoisotopic (exact) mass is 629 g/mol. The summed E-state index contributed by atoms with van der Waals surface area (Å²) in [6, 6.07) is 7.52. The standard InChI is InChI=1S/C16H15F2N3OS.C13H12F2N4S/c1-9(22)4-11-8-23-15(20-11)10-2-3-14(19-5-10)21-6-12-13(7-21)16(12,17)18;14-13(15)8-4-19(5-9(8)13)11-2-1-7(3-17-11)12-18-10(16)6-20-12/h2-3,5,8,12-13H,4,6-7H2,1H3;1-3,6,8-9H,4-5,16H2. The predicted octanol–water partition coefficient (Wildman–Crippen LogP) is 5.53. The summed E-state index contributed by atoms with van der Waals surface area (Å²) in [5.41, 5.74) is 8.13. The maximum Gasteiger partial charge on any atom is 0.258 e. The number of hydrogen-bond acceptors (Lipinski definition) is 10. The first-order valence-electron chi connectivity index (χ1n) is 13.8. The number of pyridine rings is 2. The number of carbonyl (C=O) groups excluding carboxylic acids is 1. The predicted molar refractivity (Wildman–Crippen MR) is 158 cm³/mol. The fourth-order valence-corrected chi connectivity index (χ4v) is 7.49. The third-order valence-corrected chi connectivity index (χ3v) is 10.4. The summed E-state index contributed by atoms with van der Waals surface area (Å²) >= 11 is 2.93. The number of halogens is 4. The van der Waals surface area contributed by atoms with Gasteiger partial charge >= 0.3 is 0 Å². The van der Waals surface area contributed by atoms with E-state index in [1.165, 1.54) is 22.7 Å².